The third-order valence-electron chi connectivity index (χ3n) is 5.35. The summed E-state index contributed by atoms with van der Waals surface area (Å²) in [6.07, 6.45) is 1.27. The minimum Gasteiger partial charge on any atom is -0.481 e. The molecule has 1 aromatic heterocycles. The van der Waals surface area contributed by atoms with Crippen molar-refractivity contribution in [3.63, 3.8) is 0 Å². The molecule has 1 fully saturated rings. The number of hydrogen-bond acceptors (Lipinski definition) is 4. The van der Waals surface area contributed by atoms with Crippen molar-refractivity contribution in [2.75, 3.05) is 13.1 Å². The number of pyridine rings is 1. The van der Waals surface area contributed by atoms with Crippen LogP contribution in [0.2, 0.25) is 0 Å². The Hall–Kier alpha value is -2.92. The molecule has 3 aromatic rings. The van der Waals surface area contributed by atoms with E-state index >= 15 is 0 Å². The molecule has 144 valence electrons. The van der Waals surface area contributed by atoms with Gasteiger partial charge in [0.05, 0.1) is 5.52 Å². The maximum atomic E-state index is 12.4. The number of nitrogens with zero attached hydrogens (tertiary/aromatic N) is 2. The Morgan fingerprint density at radius 3 is 2.57 bits per heavy atom. The first-order valence-corrected chi connectivity index (χ1v) is 9.60. The minimum absolute atomic E-state index is 0.0287. The molecular formula is C23H25N3O2. The average Bonchev–Trinajstić information content (AvgIpc) is 2.64. The summed E-state index contributed by atoms with van der Waals surface area (Å²) in [4.78, 5) is 18.6. The number of hydrogen-bond donors (Lipinski definition) is 1. The lowest BCUT2D eigenvalue weighted by atomic mass is 9.93. The Balaban J connectivity index is 1.63. The highest BCUT2D eigenvalue weighted by atomic mass is 16.5. The van der Waals surface area contributed by atoms with E-state index in [0.717, 1.165) is 16.5 Å². The van der Waals surface area contributed by atoms with Crippen LogP contribution in [-0.2, 0) is 4.79 Å². The molecule has 28 heavy (non-hydrogen) atoms. The first-order valence-electron chi connectivity index (χ1n) is 9.60. The summed E-state index contributed by atoms with van der Waals surface area (Å²) in [5.41, 5.74) is 11.5. The van der Waals surface area contributed by atoms with E-state index in [1.54, 1.807) is 11.8 Å². The summed E-state index contributed by atoms with van der Waals surface area (Å²) in [6.45, 7) is 7.23. The smallest absolute Gasteiger partial charge is 0.263 e. The van der Waals surface area contributed by atoms with Gasteiger partial charge in [0.25, 0.3) is 5.91 Å². The summed E-state index contributed by atoms with van der Waals surface area (Å²) >= 11 is 0. The van der Waals surface area contributed by atoms with E-state index in [0.29, 0.717) is 18.8 Å². The number of ether oxygens (including phenoxy) is 1. The van der Waals surface area contributed by atoms with Crippen LogP contribution in [-0.4, -0.2) is 41.0 Å². The standard InChI is InChI=1S/C23H25N3O2/c1-14-5-4-6-15(2)22(14)20-9-10-25-21-11-18(7-8-19(20)21)28-16(3)23(27)26-12-17(24)13-26/h4-11,16-17H,12-13,24H2,1-3H3. The van der Waals surface area contributed by atoms with Crippen LogP contribution in [0.1, 0.15) is 18.1 Å². The second kappa shape index (κ2) is 7.24. The number of rotatable bonds is 4. The highest BCUT2D eigenvalue weighted by molar-refractivity contribution is 5.96. The molecule has 1 amide bonds. The number of nitrogens with two attached hydrogens (primary N) is 1. The van der Waals surface area contributed by atoms with Crippen LogP contribution in [0, 0.1) is 13.8 Å². The van der Waals surface area contributed by atoms with Crippen LogP contribution in [0.5, 0.6) is 5.75 Å². The van der Waals surface area contributed by atoms with Crippen LogP contribution in [0.25, 0.3) is 22.0 Å². The van der Waals surface area contributed by atoms with Gasteiger partial charge in [-0.2, -0.15) is 0 Å². The van der Waals surface area contributed by atoms with Crippen molar-refractivity contribution >= 4 is 16.8 Å². The molecule has 1 aliphatic rings. The average molecular weight is 375 g/mol. The lowest BCUT2D eigenvalue weighted by Crippen LogP contribution is -2.60. The quantitative estimate of drug-likeness (QED) is 0.758. The van der Waals surface area contributed by atoms with Crippen molar-refractivity contribution in [2.45, 2.75) is 32.9 Å². The van der Waals surface area contributed by atoms with E-state index < -0.39 is 6.10 Å². The third-order valence-corrected chi connectivity index (χ3v) is 5.35. The summed E-state index contributed by atoms with van der Waals surface area (Å²) in [5.74, 6) is 0.614. The van der Waals surface area contributed by atoms with Crippen molar-refractivity contribution < 1.29 is 9.53 Å². The number of likely N-dealkylation sites (tertiary alicyclic amines) is 1. The largest absolute Gasteiger partial charge is 0.481 e. The number of aryl methyl sites for hydroxylation is 2. The van der Waals surface area contributed by atoms with Crippen LogP contribution < -0.4 is 10.5 Å². The molecule has 5 nitrogen and oxygen atoms in total. The van der Waals surface area contributed by atoms with Gasteiger partial charge < -0.3 is 15.4 Å². The number of carbonyl (C=O) groups is 1. The van der Waals surface area contributed by atoms with Crippen LogP contribution in [0.4, 0.5) is 0 Å². The van der Waals surface area contributed by atoms with E-state index in [9.17, 15) is 4.79 Å². The Labute approximate surface area is 165 Å². The second-order valence-electron chi connectivity index (χ2n) is 7.57. The van der Waals surface area contributed by atoms with Crippen LogP contribution in [0.15, 0.2) is 48.7 Å². The monoisotopic (exact) mass is 375 g/mol. The zero-order chi connectivity index (χ0) is 19.8. The fourth-order valence-corrected chi connectivity index (χ4v) is 3.86. The van der Waals surface area contributed by atoms with Gasteiger partial charge in [0, 0.05) is 36.8 Å². The summed E-state index contributed by atoms with van der Waals surface area (Å²) in [5, 5.41) is 1.07. The zero-order valence-corrected chi connectivity index (χ0v) is 16.5. The van der Waals surface area contributed by atoms with E-state index in [4.69, 9.17) is 10.5 Å². The second-order valence-corrected chi connectivity index (χ2v) is 7.57. The molecule has 0 aliphatic carbocycles. The number of aromatic nitrogens is 1. The van der Waals surface area contributed by atoms with Crippen molar-refractivity contribution in [3.8, 4) is 16.9 Å². The predicted octanol–water partition coefficient (Wildman–Crippen LogP) is 3.46. The van der Waals surface area contributed by atoms with Gasteiger partial charge in [-0.05, 0) is 61.2 Å². The molecule has 1 atom stereocenters. The van der Waals surface area contributed by atoms with Crippen LogP contribution >= 0.6 is 0 Å². The van der Waals surface area contributed by atoms with Gasteiger partial charge in [-0.15, -0.1) is 0 Å². The van der Waals surface area contributed by atoms with Crippen molar-refractivity contribution in [1.29, 1.82) is 0 Å². The summed E-state index contributed by atoms with van der Waals surface area (Å²) < 4.78 is 5.90. The van der Waals surface area contributed by atoms with E-state index in [1.165, 1.54) is 16.7 Å². The fourth-order valence-electron chi connectivity index (χ4n) is 3.86. The SMILES string of the molecule is Cc1cccc(C)c1-c1ccnc2cc(OC(C)C(=O)N3CC(N)C3)ccc12. The molecule has 1 unspecified atom stereocenters. The van der Waals surface area contributed by atoms with Gasteiger partial charge in [-0.3, -0.25) is 9.78 Å². The lowest BCUT2D eigenvalue weighted by Gasteiger charge is -2.38. The van der Waals surface area contributed by atoms with E-state index in [-0.39, 0.29) is 11.9 Å². The zero-order valence-electron chi connectivity index (χ0n) is 16.5. The molecule has 2 heterocycles. The molecule has 1 aliphatic heterocycles. The molecule has 5 heteroatoms. The molecule has 2 aromatic carbocycles. The Bertz CT molecular complexity index is 1020. The molecular weight excluding hydrogens is 350 g/mol. The van der Waals surface area contributed by atoms with E-state index in [2.05, 4.69) is 43.1 Å². The molecule has 4 rings (SSSR count). The number of amides is 1. The van der Waals surface area contributed by atoms with Crippen LogP contribution in [0.3, 0.4) is 0 Å². The van der Waals surface area contributed by atoms with Gasteiger partial charge >= 0.3 is 0 Å². The molecule has 1 saturated heterocycles. The van der Waals surface area contributed by atoms with E-state index in [1.807, 2.05) is 24.4 Å². The molecule has 0 radical (unpaired) electrons. The Morgan fingerprint density at radius 2 is 1.89 bits per heavy atom. The highest BCUT2D eigenvalue weighted by Gasteiger charge is 2.31. The topological polar surface area (TPSA) is 68.5 Å². The first kappa shape index (κ1) is 18.4. The maximum absolute atomic E-state index is 12.4. The van der Waals surface area contributed by atoms with Gasteiger partial charge in [-0.25, -0.2) is 0 Å². The predicted molar refractivity (Wildman–Crippen MR) is 111 cm³/mol. The Morgan fingerprint density at radius 1 is 1.18 bits per heavy atom. The number of benzene rings is 2. The van der Waals surface area contributed by atoms with Gasteiger partial charge in [0.15, 0.2) is 6.10 Å². The highest BCUT2D eigenvalue weighted by Crippen LogP contribution is 2.33. The third kappa shape index (κ3) is 3.34. The maximum Gasteiger partial charge on any atom is 0.263 e. The summed E-state index contributed by atoms with van der Waals surface area (Å²) in [6, 6.07) is 14.3. The van der Waals surface area contributed by atoms with Gasteiger partial charge in [0.2, 0.25) is 0 Å². The normalized spacial score (nSPS) is 15.4. The van der Waals surface area contributed by atoms with Crippen molar-refractivity contribution in [2.24, 2.45) is 5.73 Å². The number of carbonyl (C=O) groups excluding carboxylic acids is 1. The Kier molecular flexibility index (Phi) is 4.77. The first-order chi connectivity index (χ1) is 13.4. The number of fused-ring (bicyclic) bond motifs is 1. The molecule has 0 spiro atoms. The molecule has 0 saturated carbocycles. The van der Waals surface area contributed by atoms with Crippen molar-refractivity contribution in [3.05, 3.63) is 59.8 Å². The minimum atomic E-state index is -0.549. The lowest BCUT2D eigenvalue weighted by molar-refractivity contribution is -0.142. The van der Waals surface area contributed by atoms with Gasteiger partial charge in [-0.1, -0.05) is 18.2 Å². The molecule has 0 bridgehead atoms. The fraction of sp³-hybridized carbons (Fsp3) is 0.304. The summed E-state index contributed by atoms with van der Waals surface area (Å²) in [7, 11) is 0. The molecule has 2 N–H and O–H groups in total. The van der Waals surface area contributed by atoms with Crippen molar-refractivity contribution in [1.82, 2.24) is 9.88 Å². The van der Waals surface area contributed by atoms with Gasteiger partial charge in [0.1, 0.15) is 5.75 Å².